The fourth-order valence-corrected chi connectivity index (χ4v) is 3.33. The van der Waals surface area contributed by atoms with Crippen molar-refractivity contribution in [2.45, 2.75) is 60.0 Å². The summed E-state index contributed by atoms with van der Waals surface area (Å²) in [5.74, 6) is 0.894. The van der Waals surface area contributed by atoms with Gasteiger partial charge in [-0.25, -0.2) is 4.98 Å². The molecule has 0 saturated heterocycles. The molecule has 4 nitrogen and oxygen atoms in total. The number of aromatic nitrogens is 2. The second kappa shape index (κ2) is 5.75. The molecule has 1 amide bonds. The number of hydrogen-bond donors (Lipinski definition) is 1. The van der Waals surface area contributed by atoms with Gasteiger partial charge in [0.15, 0.2) is 0 Å². The summed E-state index contributed by atoms with van der Waals surface area (Å²) in [6.07, 6.45) is 0.926. The summed E-state index contributed by atoms with van der Waals surface area (Å²) in [5, 5.41) is 3.16. The van der Waals surface area contributed by atoms with Crippen molar-refractivity contribution in [3.05, 3.63) is 30.1 Å². The van der Waals surface area contributed by atoms with Crippen LogP contribution in [0.25, 0.3) is 11.0 Å². The molecule has 1 N–H and O–H groups in total. The summed E-state index contributed by atoms with van der Waals surface area (Å²) >= 11 is 0. The first-order valence-electron chi connectivity index (χ1n) is 7.80. The van der Waals surface area contributed by atoms with Crippen molar-refractivity contribution in [2.75, 3.05) is 0 Å². The predicted molar refractivity (Wildman–Crippen MR) is 90.8 cm³/mol. The SMILES string of the molecule is Cc1nc2ccccc2n1CC(=O)NC(C)(C)CC(C)(C)C. The van der Waals surface area contributed by atoms with E-state index in [-0.39, 0.29) is 16.9 Å². The minimum atomic E-state index is -0.223. The molecule has 0 aliphatic rings. The Kier molecular flexibility index (Phi) is 4.32. The molecule has 0 unspecified atom stereocenters. The van der Waals surface area contributed by atoms with Crippen LogP contribution in [-0.4, -0.2) is 21.0 Å². The first-order chi connectivity index (χ1) is 10.1. The number of fused-ring (bicyclic) bond motifs is 1. The highest BCUT2D eigenvalue weighted by Crippen LogP contribution is 2.26. The number of nitrogens with one attached hydrogen (secondary N) is 1. The third kappa shape index (κ3) is 4.09. The molecule has 2 rings (SSSR count). The zero-order valence-electron chi connectivity index (χ0n) is 14.5. The highest BCUT2D eigenvalue weighted by molar-refractivity contribution is 5.81. The summed E-state index contributed by atoms with van der Waals surface area (Å²) in [4.78, 5) is 17.0. The third-order valence-corrected chi connectivity index (χ3v) is 3.60. The Bertz CT molecular complexity index is 677. The molecule has 120 valence electrons. The first kappa shape index (κ1) is 16.5. The van der Waals surface area contributed by atoms with E-state index in [0.29, 0.717) is 6.54 Å². The van der Waals surface area contributed by atoms with Crippen molar-refractivity contribution >= 4 is 16.9 Å². The van der Waals surface area contributed by atoms with Crippen LogP contribution in [0.15, 0.2) is 24.3 Å². The van der Waals surface area contributed by atoms with Gasteiger partial charge < -0.3 is 9.88 Å². The van der Waals surface area contributed by atoms with E-state index in [9.17, 15) is 4.79 Å². The lowest BCUT2D eigenvalue weighted by Crippen LogP contribution is -2.47. The van der Waals surface area contributed by atoms with Gasteiger partial charge in [-0.05, 0) is 44.7 Å². The summed E-state index contributed by atoms with van der Waals surface area (Å²) in [6.45, 7) is 13.0. The van der Waals surface area contributed by atoms with Crippen LogP contribution in [0.1, 0.15) is 46.9 Å². The molecule has 4 heteroatoms. The van der Waals surface area contributed by atoms with Crippen LogP contribution in [0.3, 0.4) is 0 Å². The molecule has 0 aliphatic heterocycles. The molecular formula is C18H27N3O. The van der Waals surface area contributed by atoms with Gasteiger partial charge in [0.25, 0.3) is 0 Å². The molecule has 0 spiro atoms. The molecule has 2 aromatic rings. The fraction of sp³-hybridized carbons (Fsp3) is 0.556. The lowest BCUT2D eigenvalue weighted by atomic mass is 9.82. The van der Waals surface area contributed by atoms with E-state index >= 15 is 0 Å². The van der Waals surface area contributed by atoms with E-state index in [1.165, 1.54) is 0 Å². The second-order valence-corrected chi connectivity index (χ2v) is 7.90. The molecule has 1 heterocycles. The minimum Gasteiger partial charge on any atom is -0.350 e. The normalized spacial score (nSPS) is 12.6. The molecular weight excluding hydrogens is 274 g/mol. The van der Waals surface area contributed by atoms with Crippen molar-refractivity contribution < 1.29 is 4.79 Å². The Morgan fingerprint density at radius 1 is 1.18 bits per heavy atom. The maximum atomic E-state index is 12.4. The van der Waals surface area contributed by atoms with Gasteiger partial charge in [-0.2, -0.15) is 0 Å². The number of carbonyl (C=O) groups is 1. The summed E-state index contributed by atoms with van der Waals surface area (Å²) in [5.41, 5.74) is 1.89. The number of carbonyl (C=O) groups excluding carboxylic acids is 1. The molecule has 1 aromatic heterocycles. The van der Waals surface area contributed by atoms with E-state index in [1.807, 2.05) is 35.8 Å². The van der Waals surface area contributed by atoms with Crippen molar-refractivity contribution in [2.24, 2.45) is 5.41 Å². The van der Waals surface area contributed by atoms with Gasteiger partial charge in [0.05, 0.1) is 11.0 Å². The molecule has 1 aromatic carbocycles. The maximum absolute atomic E-state index is 12.4. The smallest absolute Gasteiger partial charge is 0.240 e. The Labute approximate surface area is 132 Å². The number of rotatable bonds is 4. The molecule has 0 atom stereocenters. The van der Waals surface area contributed by atoms with Gasteiger partial charge >= 0.3 is 0 Å². The van der Waals surface area contributed by atoms with Crippen LogP contribution in [0, 0.1) is 12.3 Å². The van der Waals surface area contributed by atoms with Crippen LogP contribution in [0.5, 0.6) is 0 Å². The molecule has 0 fully saturated rings. The predicted octanol–water partition coefficient (Wildman–Crippen LogP) is 3.68. The van der Waals surface area contributed by atoms with Crippen LogP contribution < -0.4 is 5.32 Å². The van der Waals surface area contributed by atoms with E-state index in [4.69, 9.17) is 0 Å². The Balaban J connectivity index is 2.13. The van der Waals surface area contributed by atoms with E-state index in [0.717, 1.165) is 23.3 Å². The van der Waals surface area contributed by atoms with Crippen molar-refractivity contribution in [3.8, 4) is 0 Å². The van der Waals surface area contributed by atoms with Gasteiger partial charge in [-0.15, -0.1) is 0 Å². The van der Waals surface area contributed by atoms with Crippen molar-refractivity contribution in [1.29, 1.82) is 0 Å². The number of benzene rings is 1. The molecule has 0 bridgehead atoms. The molecule has 22 heavy (non-hydrogen) atoms. The average Bonchev–Trinajstić information content (AvgIpc) is 2.62. The highest BCUT2D eigenvalue weighted by atomic mass is 16.2. The maximum Gasteiger partial charge on any atom is 0.240 e. The summed E-state index contributed by atoms with van der Waals surface area (Å²) in [6, 6.07) is 7.91. The Morgan fingerprint density at radius 3 is 2.45 bits per heavy atom. The van der Waals surface area contributed by atoms with Gasteiger partial charge in [0, 0.05) is 5.54 Å². The Hall–Kier alpha value is -1.84. The third-order valence-electron chi connectivity index (χ3n) is 3.60. The first-order valence-corrected chi connectivity index (χ1v) is 7.80. The second-order valence-electron chi connectivity index (χ2n) is 7.90. The highest BCUT2D eigenvalue weighted by Gasteiger charge is 2.27. The van der Waals surface area contributed by atoms with Crippen LogP contribution in [0.4, 0.5) is 0 Å². The van der Waals surface area contributed by atoms with Crippen molar-refractivity contribution in [1.82, 2.24) is 14.9 Å². The largest absolute Gasteiger partial charge is 0.350 e. The zero-order valence-corrected chi connectivity index (χ0v) is 14.5. The lowest BCUT2D eigenvalue weighted by Gasteiger charge is -2.33. The number of para-hydroxylation sites is 2. The van der Waals surface area contributed by atoms with Gasteiger partial charge in [-0.1, -0.05) is 32.9 Å². The average molecular weight is 301 g/mol. The van der Waals surface area contributed by atoms with Crippen LogP contribution >= 0.6 is 0 Å². The van der Waals surface area contributed by atoms with E-state index < -0.39 is 0 Å². The van der Waals surface area contributed by atoms with Crippen LogP contribution in [0.2, 0.25) is 0 Å². The molecule has 0 aliphatic carbocycles. The Morgan fingerprint density at radius 2 is 1.82 bits per heavy atom. The quantitative estimate of drug-likeness (QED) is 0.936. The summed E-state index contributed by atoms with van der Waals surface area (Å²) in [7, 11) is 0. The summed E-state index contributed by atoms with van der Waals surface area (Å²) < 4.78 is 1.97. The van der Waals surface area contributed by atoms with Gasteiger partial charge in [0.2, 0.25) is 5.91 Å². The van der Waals surface area contributed by atoms with Gasteiger partial charge in [-0.3, -0.25) is 4.79 Å². The number of amides is 1. The molecule has 0 radical (unpaired) electrons. The standard InChI is InChI=1S/C18H27N3O/c1-13-19-14-9-7-8-10-15(14)21(13)11-16(22)20-18(5,6)12-17(2,3)4/h7-10H,11-12H2,1-6H3,(H,20,22). The number of nitrogens with zero attached hydrogens (tertiary/aromatic N) is 2. The number of aryl methyl sites for hydroxylation is 1. The zero-order chi connectivity index (χ0) is 16.5. The minimum absolute atomic E-state index is 0.0282. The lowest BCUT2D eigenvalue weighted by molar-refractivity contribution is -0.123. The monoisotopic (exact) mass is 301 g/mol. The van der Waals surface area contributed by atoms with E-state index in [1.54, 1.807) is 0 Å². The number of imidazole rings is 1. The number of hydrogen-bond acceptors (Lipinski definition) is 2. The van der Waals surface area contributed by atoms with Crippen molar-refractivity contribution in [3.63, 3.8) is 0 Å². The molecule has 0 saturated carbocycles. The topological polar surface area (TPSA) is 46.9 Å². The van der Waals surface area contributed by atoms with Gasteiger partial charge in [0.1, 0.15) is 12.4 Å². The van der Waals surface area contributed by atoms with Crippen LogP contribution in [-0.2, 0) is 11.3 Å². The fourth-order valence-electron chi connectivity index (χ4n) is 3.33. The van der Waals surface area contributed by atoms with E-state index in [2.05, 4.69) is 44.9 Å².